The van der Waals surface area contributed by atoms with Crippen molar-refractivity contribution in [3.05, 3.63) is 35.2 Å². The van der Waals surface area contributed by atoms with E-state index in [0.717, 1.165) is 5.01 Å². The Morgan fingerprint density at radius 2 is 1.52 bits per heavy atom. The van der Waals surface area contributed by atoms with Gasteiger partial charge in [0, 0.05) is 18.0 Å². The number of para-hydroxylation sites is 1. The highest BCUT2D eigenvalue weighted by Gasteiger charge is 2.32. The van der Waals surface area contributed by atoms with E-state index in [4.69, 9.17) is 28.7 Å². The number of rotatable bonds is 13. The molecule has 31 heavy (non-hydrogen) atoms. The van der Waals surface area contributed by atoms with Crippen LogP contribution in [0.2, 0.25) is 0 Å². The van der Waals surface area contributed by atoms with Gasteiger partial charge in [0.05, 0.1) is 6.04 Å². The molecule has 0 aliphatic heterocycles. The summed E-state index contributed by atoms with van der Waals surface area (Å²) >= 11 is 0. The Hall–Kier alpha value is -3.74. The molecule has 0 spiro atoms. The van der Waals surface area contributed by atoms with Crippen molar-refractivity contribution in [2.75, 3.05) is 18.1 Å². The Morgan fingerprint density at radius 1 is 0.968 bits per heavy atom. The van der Waals surface area contributed by atoms with Crippen LogP contribution in [0.5, 0.6) is 0 Å². The van der Waals surface area contributed by atoms with Gasteiger partial charge in [0.15, 0.2) is 11.9 Å². The summed E-state index contributed by atoms with van der Waals surface area (Å²) < 4.78 is 0. The van der Waals surface area contributed by atoms with E-state index in [0.29, 0.717) is 31.5 Å². The van der Waals surface area contributed by atoms with Gasteiger partial charge < -0.3 is 34.0 Å². The van der Waals surface area contributed by atoms with Crippen LogP contribution in [0.3, 0.4) is 0 Å². The quantitative estimate of drug-likeness (QED) is 0.0715. The van der Waals surface area contributed by atoms with Crippen LogP contribution >= 0.6 is 0 Å². The zero-order valence-corrected chi connectivity index (χ0v) is 17.2. The topological polar surface area (TPSA) is 235 Å². The lowest BCUT2D eigenvalue weighted by molar-refractivity contribution is -0.484. The normalized spacial score (nSPS) is 12.2. The first kappa shape index (κ1) is 25.3. The van der Waals surface area contributed by atoms with E-state index >= 15 is 0 Å². The number of carbonyl (C=O) groups excluding carboxylic acids is 2. The van der Waals surface area contributed by atoms with Crippen LogP contribution in [0.1, 0.15) is 25.7 Å². The highest BCUT2D eigenvalue weighted by Crippen LogP contribution is 2.12. The average molecular weight is 436 g/mol. The Labute approximate surface area is 180 Å². The highest BCUT2D eigenvalue weighted by molar-refractivity contribution is 5.97. The number of nitroso groups, excluding NO2 is 1. The number of amides is 2. The van der Waals surface area contributed by atoms with E-state index in [1.165, 1.54) is 0 Å². The molecule has 0 fully saturated rings. The molecule has 0 aliphatic carbocycles. The molecule has 0 saturated heterocycles. The fourth-order valence-corrected chi connectivity index (χ4v) is 2.65. The molecule has 1 aromatic carbocycles. The molecule has 2 atom stereocenters. The first-order valence-electron chi connectivity index (χ1n) is 9.69. The van der Waals surface area contributed by atoms with Crippen molar-refractivity contribution in [1.29, 1.82) is 0 Å². The number of guanidine groups is 2. The first-order valence-corrected chi connectivity index (χ1v) is 9.69. The van der Waals surface area contributed by atoms with Crippen LogP contribution < -0.4 is 44.3 Å². The summed E-state index contributed by atoms with van der Waals surface area (Å²) in [6.45, 7) is 0.578. The number of hydrazine groups is 1. The molecule has 0 bridgehead atoms. The number of carbonyl (C=O) groups is 2. The van der Waals surface area contributed by atoms with Gasteiger partial charge in [-0.3, -0.25) is 19.6 Å². The van der Waals surface area contributed by atoms with Gasteiger partial charge in [0.1, 0.15) is 17.0 Å². The summed E-state index contributed by atoms with van der Waals surface area (Å²) in [5, 5.41) is 5.03. The van der Waals surface area contributed by atoms with Crippen LogP contribution in [0, 0.1) is 4.91 Å². The molecule has 2 amide bonds. The first-order chi connectivity index (χ1) is 14.8. The number of nitrogens with zero attached hydrogens (tertiary/aromatic N) is 3. The lowest BCUT2D eigenvalue weighted by Gasteiger charge is -2.21. The predicted octanol–water partition coefficient (Wildman–Crippen LogP) is -3.30. The molecule has 0 aliphatic rings. The number of anilines is 1. The van der Waals surface area contributed by atoms with E-state index in [1.807, 2.05) is 0 Å². The number of benzene rings is 1. The molecule has 170 valence electrons. The van der Waals surface area contributed by atoms with E-state index in [-0.39, 0.29) is 24.9 Å². The van der Waals surface area contributed by atoms with Gasteiger partial charge >= 0.3 is 5.91 Å². The Balaban J connectivity index is 2.85. The van der Waals surface area contributed by atoms with Crippen LogP contribution in [0.4, 0.5) is 5.69 Å². The van der Waals surface area contributed by atoms with Gasteiger partial charge in [-0.05, 0) is 42.8 Å². The second kappa shape index (κ2) is 13.5. The second-order valence-electron chi connectivity index (χ2n) is 6.67. The maximum absolute atomic E-state index is 13.0. The summed E-state index contributed by atoms with van der Waals surface area (Å²) in [6.07, 6.45) is 1.36. The summed E-state index contributed by atoms with van der Waals surface area (Å²) in [6, 6.07) is 6.34. The van der Waals surface area contributed by atoms with Gasteiger partial charge in [0.25, 0.3) is 0 Å². The number of hydrogen-bond donors (Lipinski definition) is 7. The molecule has 13 nitrogen and oxygen atoms in total. The molecule has 0 aromatic heterocycles. The minimum atomic E-state index is -1.02. The van der Waals surface area contributed by atoms with Crippen molar-refractivity contribution in [2.24, 2.45) is 38.7 Å². The molecule has 12 N–H and O–H groups in total. The third-order valence-corrected chi connectivity index (χ3v) is 4.19. The van der Waals surface area contributed by atoms with Gasteiger partial charge in [-0.25, -0.2) is 0 Å². The third-order valence-electron chi connectivity index (χ3n) is 4.19. The molecule has 1 rings (SSSR count). The van der Waals surface area contributed by atoms with Gasteiger partial charge in [0.2, 0.25) is 5.91 Å². The lowest BCUT2D eigenvalue weighted by atomic mass is 10.1. The number of aliphatic imine (C=N–C) groups is 2. The molecule has 0 heterocycles. The monoisotopic (exact) mass is 435 g/mol. The molecule has 0 saturated carbocycles. The fourth-order valence-electron chi connectivity index (χ4n) is 2.65. The Kier molecular flexibility index (Phi) is 11.0. The fraction of sp³-hybridized carbons (Fsp3) is 0.444. The van der Waals surface area contributed by atoms with E-state index < -0.39 is 23.9 Å². The van der Waals surface area contributed by atoms with Crippen LogP contribution in [-0.4, -0.2) is 48.9 Å². The molecule has 1 aromatic rings. The van der Waals surface area contributed by atoms with Gasteiger partial charge in [-0.1, -0.05) is 18.2 Å². The largest absolute Gasteiger partial charge is 0.370 e. The van der Waals surface area contributed by atoms with E-state index in [9.17, 15) is 14.5 Å². The highest BCUT2D eigenvalue weighted by atomic mass is 16.3. The van der Waals surface area contributed by atoms with Crippen LogP contribution in [0.25, 0.3) is 0 Å². The van der Waals surface area contributed by atoms with Crippen molar-refractivity contribution >= 4 is 29.4 Å². The summed E-state index contributed by atoms with van der Waals surface area (Å²) in [4.78, 5) is 44.6. The smallest absolute Gasteiger partial charge is 0.309 e. The van der Waals surface area contributed by atoms with Gasteiger partial charge in [-0.2, -0.15) is 0 Å². The predicted molar refractivity (Wildman–Crippen MR) is 118 cm³/mol. The maximum atomic E-state index is 13.0. The zero-order valence-electron chi connectivity index (χ0n) is 17.2. The molecule has 0 unspecified atom stereocenters. The lowest BCUT2D eigenvalue weighted by Crippen LogP contribution is -2.82. The molecule has 13 heteroatoms. The molecular weight excluding hydrogens is 404 g/mol. The van der Waals surface area contributed by atoms with E-state index in [1.54, 1.807) is 35.6 Å². The van der Waals surface area contributed by atoms with Gasteiger partial charge in [-0.15, -0.1) is 0 Å². The van der Waals surface area contributed by atoms with E-state index in [2.05, 4.69) is 15.3 Å². The van der Waals surface area contributed by atoms with Crippen LogP contribution in [0.15, 0.2) is 40.3 Å². The summed E-state index contributed by atoms with van der Waals surface area (Å²) in [5.41, 5.74) is 27.4. The van der Waals surface area contributed by atoms with Crippen molar-refractivity contribution in [3.8, 4) is 0 Å². The maximum Gasteiger partial charge on any atom is 0.309 e. The Morgan fingerprint density at radius 3 is 2.03 bits per heavy atom. The molecule has 0 radical (unpaired) electrons. The van der Waals surface area contributed by atoms with Crippen molar-refractivity contribution in [3.63, 3.8) is 0 Å². The number of nitrogens with two attached hydrogens (primary N) is 5. The standard InChI is InChI=1S/C18H30N10O3/c19-13(8-4-10-24-17(20)21)15(29)26-14(9-5-11-25-18(22)23)16(30)28(27-31)12-6-2-1-3-7-12/h1-3,6-7,13-14H,4-5,8-11,19H2,(H,26,29)(H4,20,21,24)(H4,22,23,25)/p+1/t13-,14-/m0/s1. The minimum Gasteiger partial charge on any atom is -0.370 e. The second-order valence-corrected chi connectivity index (χ2v) is 6.67. The average Bonchev–Trinajstić information content (AvgIpc) is 2.73. The number of nitrogens with one attached hydrogen (secondary N) is 2. The zero-order chi connectivity index (χ0) is 23.2. The SMILES string of the molecule is NC(N)=NCCC[C@H](NC(=O)[C@@H](N)CCCN=C(N)N)C(=O)N([NH+]=O)c1ccccc1. The minimum absolute atomic E-state index is 0.0458. The van der Waals surface area contributed by atoms with Crippen LogP contribution in [-0.2, 0) is 9.59 Å². The van der Waals surface area contributed by atoms with Crippen molar-refractivity contribution < 1.29 is 14.9 Å². The third kappa shape index (κ3) is 9.54. The number of hydrogen-bond acceptors (Lipinski definition) is 6. The van der Waals surface area contributed by atoms with Crippen molar-refractivity contribution in [1.82, 2.24) is 5.32 Å². The Bertz CT molecular complexity index is 776. The summed E-state index contributed by atoms with van der Waals surface area (Å²) in [7, 11) is 0. The summed E-state index contributed by atoms with van der Waals surface area (Å²) in [5.74, 6) is -1.31. The molecular formula is C18H31N10O3+. The van der Waals surface area contributed by atoms with Crippen molar-refractivity contribution in [2.45, 2.75) is 37.8 Å².